The molecule has 1 aliphatic heterocycles. The maximum Gasteiger partial charge on any atom is 0.267 e. The van der Waals surface area contributed by atoms with Gasteiger partial charge in [0.2, 0.25) is 0 Å². The van der Waals surface area contributed by atoms with Gasteiger partial charge >= 0.3 is 0 Å². The number of piperazine rings is 1. The van der Waals surface area contributed by atoms with Crippen molar-refractivity contribution in [2.75, 3.05) is 26.2 Å². The van der Waals surface area contributed by atoms with Gasteiger partial charge in [-0.05, 0) is 30.6 Å². The van der Waals surface area contributed by atoms with Crippen molar-refractivity contribution in [2.24, 2.45) is 0 Å². The molecule has 1 amide bonds. The molecule has 1 fully saturated rings. The number of hydrogen-bond acceptors (Lipinski definition) is 4. The standard InChI is InChI=1S/C15H17ClN4OS/c1-11-14(22-18-17-11)15(21)20-7-5-19(6-8-20)10-12-3-2-4-13(16)9-12/h2-4,9H,5-8,10H2,1H3/p+1. The van der Waals surface area contributed by atoms with Crippen LogP contribution in [0.15, 0.2) is 24.3 Å². The Labute approximate surface area is 138 Å². The zero-order valence-corrected chi connectivity index (χ0v) is 14.0. The third-order valence-electron chi connectivity index (χ3n) is 3.95. The Balaban J connectivity index is 1.56. The van der Waals surface area contributed by atoms with Gasteiger partial charge in [-0.3, -0.25) is 4.79 Å². The minimum Gasteiger partial charge on any atom is -0.328 e. The lowest BCUT2D eigenvalue weighted by Gasteiger charge is -2.32. The van der Waals surface area contributed by atoms with E-state index < -0.39 is 0 Å². The van der Waals surface area contributed by atoms with Crippen molar-refractivity contribution in [3.05, 3.63) is 45.4 Å². The van der Waals surface area contributed by atoms with Crippen molar-refractivity contribution >= 4 is 29.0 Å². The third kappa shape index (κ3) is 3.45. The Bertz CT molecular complexity index is 667. The van der Waals surface area contributed by atoms with Crippen LogP contribution in [0, 0.1) is 6.92 Å². The van der Waals surface area contributed by atoms with E-state index >= 15 is 0 Å². The van der Waals surface area contributed by atoms with E-state index in [0.717, 1.165) is 43.4 Å². The highest BCUT2D eigenvalue weighted by Gasteiger charge is 2.26. The van der Waals surface area contributed by atoms with Gasteiger partial charge in [-0.1, -0.05) is 28.2 Å². The number of hydrogen-bond donors (Lipinski definition) is 1. The average molecular weight is 338 g/mol. The molecule has 5 nitrogen and oxygen atoms in total. The number of benzene rings is 1. The van der Waals surface area contributed by atoms with Crippen LogP contribution in [0.4, 0.5) is 0 Å². The van der Waals surface area contributed by atoms with E-state index in [-0.39, 0.29) is 5.91 Å². The van der Waals surface area contributed by atoms with Crippen molar-refractivity contribution in [1.82, 2.24) is 14.5 Å². The molecule has 1 aromatic heterocycles. The Morgan fingerprint density at radius 3 is 2.82 bits per heavy atom. The van der Waals surface area contributed by atoms with Crippen LogP contribution >= 0.6 is 23.1 Å². The van der Waals surface area contributed by atoms with Crippen molar-refractivity contribution < 1.29 is 9.69 Å². The number of nitrogens with one attached hydrogen (secondary N) is 1. The molecule has 1 aromatic carbocycles. The summed E-state index contributed by atoms with van der Waals surface area (Å²) in [5, 5.41) is 4.69. The Morgan fingerprint density at radius 2 is 2.18 bits per heavy atom. The lowest BCUT2D eigenvalue weighted by Crippen LogP contribution is -3.13. The first-order valence-corrected chi connectivity index (χ1v) is 8.45. The molecule has 0 radical (unpaired) electrons. The van der Waals surface area contributed by atoms with E-state index in [9.17, 15) is 4.79 Å². The number of quaternary nitrogens is 1. The van der Waals surface area contributed by atoms with Crippen molar-refractivity contribution in [3.8, 4) is 0 Å². The highest BCUT2D eigenvalue weighted by atomic mass is 35.5. The molecule has 7 heteroatoms. The number of carbonyl (C=O) groups excluding carboxylic acids is 1. The SMILES string of the molecule is Cc1nnsc1C(=O)N1CC[NH+](Cc2cccc(Cl)c2)CC1. The molecule has 3 rings (SSSR count). The van der Waals surface area contributed by atoms with Crippen molar-refractivity contribution in [3.63, 3.8) is 0 Å². The summed E-state index contributed by atoms with van der Waals surface area (Å²) in [6.45, 7) is 6.21. The van der Waals surface area contributed by atoms with Gasteiger partial charge in [-0.2, -0.15) is 0 Å². The zero-order chi connectivity index (χ0) is 15.5. The van der Waals surface area contributed by atoms with Crippen LogP contribution in [0.3, 0.4) is 0 Å². The van der Waals surface area contributed by atoms with Crippen molar-refractivity contribution in [2.45, 2.75) is 13.5 Å². The van der Waals surface area contributed by atoms with Crippen LogP contribution in [0.2, 0.25) is 5.02 Å². The van der Waals surface area contributed by atoms with Crippen LogP contribution < -0.4 is 4.90 Å². The lowest BCUT2D eigenvalue weighted by molar-refractivity contribution is -0.917. The second kappa shape index (κ2) is 6.73. The molecule has 0 spiro atoms. The van der Waals surface area contributed by atoms with Gasteiger partial charge in [-0.25, -0.2) is 0 Å². The van der Waals surface area contributed by atoms with E-state index in [1.807, 2.05) is 30.0 Å². The third-order valence-corrected chi connectivity index (χ3v) is 5.00. The number of aryl methyl sites for hydroxylation is 1. The molecule has 2 aromatic rings. The first-order chi connectivity index (χ1) is 10.6. The summed E-state index contributed by atoms with van der Waals surface area (Å²) in [7, 11) is 0. The van der Waals surface area contributed by atoms with Gasteiger partial charge in [0.1, 0.15) is 11.4 Å². The van der Waals surface area contributed by atoms with E-state index in [4.69, 9.17) is 11.6 Å². The van der Waals surface area contributed by atoms with E-state index in [1.165, 1.54) is 22.0 Å². The predicted octanol–water partition coefficient (Wildman–Crippen LogP) is 1.04. The highest BCUT2D eigenvalue weighted by Crippen LogP contribution is 2.13. The normalized spacial score (nSPS) is 16.0. The van der Waals surface area contributed by atoms with Crippen LogP contribution in [-0.2, 0) is 6.54 Å². The van der Waals surface area contributed by atoms with Crippen LogP contribution in [0.1, 0.15) is 20.9 Å². The van der Waals surface area contributed by atoms with Gasteiger partial charge < -0.3 is 9.80 Å². The van der Waals surface area contributed by atoms with Gasteiger partial charge in [0.15, 0.2) is 0 Å². The van der Waals surface area contributed by atoms with Gasteiger partial charge in [-0.15, -0.1) is 5.10 Å². The fourth-order valence-electron chi connectivity index (χ4n) is 2.71. The zero-order valence-electron chi connectivity index (χ0n) is 12.4. The average Bonchev–Trinajstić information content (AvgIpc) is 2.93. The summed E-state index contributed by atoms with van der Waals surface area (Å²) in [6.07, 6.45) is 0. The second-order valence-corrected chi connectivity index (χ2v) is 6.73. The summed E-state index contributed by atoms with van der Waals surface area (Å²) in [5.41, 5.74) is 1.97. The number of aromatic nitrogens is 2. The van der Waals surface area contributed by atoms with Gasteiger partial charge in [0.25, 0.3) is 5.91 Å². The Hall–Kier alpha value is -1.50. The topological polar surface area (TPSA) is 50.5 Å². The number of nitrogens with zero attached hydrogens (tertiary/aromatic N) is 3. The Kier molecular flexibility index (Phi) is 4.71. The molecule has 22 heavy (non-hydrogen) atoms. The Morgan fingerprint density at radius 1 is 1.41 bits per heavy atom. The molecular formula is C15H18ClN4OS+. The van der Waals surface area contributed by atoms with E-state index in [0.29, 0.717) is 4.88 Å². The number of halogens is 1. The molecule has 1 N–H and O–H groups in total. The summed E-state index contributed by atoms with van der Waals surface area (Å²) >= 11 is 7.21. The van der Waals surface area contributed by atoms with E-state index in [1.54, 1.807) is 0 Å². The quantitative estimate of drug-likeness (QED) is 0.910. The predicted molar refractivity (Wildman–Crippen MR) is 86.4 cm³/mol. The largest absolute Gasteiger partial charge is 0.328 e. The minimum absolute atomic E-state index is 0.0642. The molecule has 116 valence electrons. The molecule has 0 bridgehead atoms. The first kappa shape index (κ1) is 15.4. The molecule has 1 saturated heterocycles. The lowest BCUT2D eigenvalue weighted by atomic mass is 10.2. The summed E-state index contributed by atoms with van der Waals surface area (Å²) in [5.74, 6) is 0.0642. The number of carbonyl (C=O) groups is 1. The maximum atomic E-state index is 12.4. The highest BCUT2D eigenvalue weighted by molar-refractivity contribution is 7.07. The number of amides is 1. The van der Waals surface area contributed by atoms with Crippen molar-refractivity contribution in [1.29, 1.82) is 0 Å². The van der Waals surface area contributed by atoms with Crippen LogP contribution in [0.25, 0.3) is 0 Å². The van der Waals surface area contributed by atoms with Crippen LogP contribution in [0.5, 0.6) is 0 Å². The first-order valence-electron chi connectivity index (χ1n) is 7.30. The second-order valence-electron chi connectivity index (χ2n) is 5.54. The molecule has 0 unspecified atom stereocenters. The molecule has 0 saturated carbocycles. The molecule has 2 heterocycles. The van der Waals surface area contributed by atoms with Gasteiger partial charge in [0.05, 0.1) is 31.9 Å². The van der Waals surface area contributed by atoms with E-state index in [2.05, 4.69) is 15.7 Å². The summed E-state index contributed by atoms with van der Waals surface area (Å²) in [4.78, 5) is 16.5. The molecule has 0 atom stereocenters. The monoisotopic (exact) mass is 337 g/mol. The molecule has 0 aliphatic carbocycles. The molecular weight excluding hydrogens is 320 g/mol. The summed E-state index contributed by atoms with van der Waals surface area (Å²) < 4.78 is 3.84. The summed E-state index contributed by atoms with van der Waals surface area (Å²) in [6, 6.07) is 7.99. The maximum absolute atomic E-state index is 12.4. The fraction of sp³-hybridized carbons (Fsp3) is 0.400. The smallest absolute Gasteiger partial charge is 0.267 e. The fourth-order valence-corrected chi connectivity index (χ4v) is 3.55. The van der Waals surface area contributed by atoms with Gasteiger partial charge in [0, 0.05) is 10.6 Å². The van der Waals surface area contributed by atoms with Crippen LogP contribution in [-0.4, -0.2) is 46.6 Å². The molecule has 1 aliphatic rings. The number of rotatable bonds is 3. The minimum atomic E-state index is 0.0642.